The molecule has 0 saturated carbocycles. The standard InChI is InChI=1S/C13H20N2O2.ClH/c1-2-3-10-17-12-7-5-4-6-11(12)15-13(16)8-9-14;/h4-7H,2-3,8-10,14H2,1H3,(H,15,16);1H. The van der Waals surface area contributed by atoms with Crippen molar-refractivity contribution in [3.05, 3.63) is 24.3 Å². The maximum atomic E-state index is 11.4. The number of carbonyl (C=O) groups excluding carboxylic acids is 1. The quantitative estimate of drug-likeness (QED) is 0.750. The number of anilines is 1. The maximum absolute atomic E-state index is 11.4. The Balaban J connectivity index is 0.00000289. The van der Waals surface area contributed by atoms with Crippen molar-refractivity contribution in [2.24, 2.45) is 5.73 Å². The lowest BCUT2D eigenvalue weighted by Crippen LogP contribution is -2.16. The van der Waals surface area contributed by atoms with E-state index in [1.807, 2.05) is 24.3 Å². The molecular formula is C13H21ClN2O2. The summed E-state index contributed by atoms with van der Waals surface area (Å²) in [7, 11) is 0. The lowest BCUT2D eigenvalue weighted by molar-refractivity contribution is -0.116. The number of hydrogen-bond donors (Lipinski definition) is 2. The SMILES string of the molecule is CCCCOc1ccccc1NC(=O)CCN.Cl. The largest absolute Gasteiger partial charge is 0.491 e. The van der Waals surface area contributed by atoms with Crippen LogP contribution in [0.15, 0.2) is 24.3 Å². The van der Waals surface area contributed by atoms with Crippen LogP contribution in [0.2, 0.25) is 0 Å². The number of carbonyl (C=O) groups is 1. The van der Waals surface area contributed by atoms with Crippen LogP contribution in [0, 0.1) is 0 Å². The summed E-state index contributed by atoms with van der Waals surface area (Å²) >= 11 is 0. The van der Waals surface area contributed by atoms with Crippen LogP contribution in [0.4, 0.5) is 5.69 Å². The van der Waals surface area contributed by atoms with Gasteiger partial charge in [0.25, 0.3) is 0 Å². The Morgan fingerprint density at radius 2 is 2.11 bits per heavy atom. The topological polar surface area (TPSA) is 64.3 Å². The fourth-order valence-corrected chi connectivity index (χ4v) is 1.37. The van der Waals surface area contributed by atoms with Crippen molar-refractivity contribution in [1.29, 1.82) is 0 Å². The average molecular weight is 273 g/mol. The molecule has 1 rings (SSSR count). The first kappa shape index (κ1) is 16.7. The fraction of sp³-hybridized carbons (Fsp3) is 0.462. The van der Waals surface area contributed by atoms with Gasteiger partial charge in [0, 0.05) is 13.0 Å². The van der Waals surface area contributed by atoms with Crippen molar-refractivity contribution >= 4 is 24.0 Å². The second-order valence-corrected chi connectivity index (χ2v) is 3.79. The highest BCUT2D eigenvalue weighted by molar-refractivity contribution is 5.92. The van der Waals surface area contributed by atoms with E-state index in [-0.39, 0.29) is 18.3 Å². The number of nitrogens with one attached hydrogen (secondary N) is 1. The molecule has 4 nitrogen and oxygen atoms in total. The van der Waals surface area contributed by atoms with Crippen LogP contribution in [0.5, 0.6) is 5.75 Å². The van der Waals surface area contributed by atoms with Crippen LogP contribution in [0.1, 0.15) is 26.2 Å². The number of halogens is 1. The molecule has 0 aromatic heterocycles. The molecule has 0 saturated heterocycles. The monoisotopic (exact) mass is 272 g/mol. The van der Waals surface area contributed by atoms with Crippen molar-refractivity contribution in [2.75, 3.05) is 18.5 Å². The van der Waals surface area contributed by atoms with E-state index >= 15 is 0 Å². The van der Waals surface area contributed by atoms with Gasteiger partial charge in [0.2, 0.25) is 5.91 Å². The maximum Gasteiger partial charge on any atom is 0.225 e. The highest BCUT2D eigenvalue weighted by Crippen LogP contribution is 2.23. The molecule has 0 aliphatic heterocycles. The van der Waals surface area contributed by atoms with Crippen LogP contribution in [-0.2, 0) is 4.79 Å². The van der Waals surface area contributed by atoms with E-state index in [0.717, 1.165) is 12.8 Å². The zero-order chi connectivity index (χ0) is 12.5. The molecule has 5 heteroatoms. The summed E-state index contributed by atoms with van der Waals surface area (Å²) in [4.78, 5) is 11.4. The number of ether oxygens (including phenoxy) is 1. The summed E-state index contributed by atoms with van der Waals surface area (Å²) < 4.78 is 5.61. The van der Waals surface area contributed by atoms with E-state index in [1.54, 1.807) is 0 Å². The predicted octanol–water partition coefficient (Wildman–Crippen LogP) is 2.57. The van der Waals surface area contributed by atoms with Crippen LogP contribution in [0.3, 0.4) is 0 Å². The van der Waals surface area contributed by atoms with Gasteiger partial charge in [0.15, 0.2) is 0 Å². The Morgan fingerprint density at radius 1 is 1.39 bits per heavy atom. The summed E-state index contributed by atoms with van der Waals surface area (Å²) in [5.41, 5.74) is 6.04. The number of nitrogens with two attached hydrogens (primary N) is 1. The molecule has 18 heavy (non-hydrogen) atoms. The number of amides is 1. The lowest BCUT2D eigenvalue weighted by atomic mass is 10.2. The van der Waals surface area contributed by atoms with Crippen LogP contribution >= 0.6 is 12.4 Å². The fourth-order valence-electron chi connectivity index (χ4n) is 1.37. The Hall–Kier alpha value is -1.26. The predicted molar refractivity (Wildman–Crippen MR) is 76.4 cm³/mol. The zero-order valence-corrected chi connectivity index (χ0v) is 11.5. The molecule has 0 heterocycles. The number of unbranched alkanes of at least 4 members (excludes halogenated alkanes) is 1. The molecule has 3 N–H and O–H groups in total. The average Bonchev–Trinajstić information content (AvgIpc) is 2.32. The molecule has 0 unspecified atom stereocenters. The summed E-state index contributed by atoms with van der Waals surface area (Å²) in [5, 5.41) is 2.79. The summed E-state index contributed by atoms with van der Waals surface area (Å²) in [6.07, 6.45) is 2.41. The van der Waals surface area contributed by atoms with Crippen LogP contribution in [-0.4, -0.2) is 19.1 Å². The van der Waals surface area contributed by atoms with E-state index < -0.39 is 0 Å². The van der Waals surface area contributed by atoms with Gasteiger partial charge in [-0.25, -0.2) is 0 Å². The van der Waals surface area contributed by atoms with Gasteiger partial charge in [-0.15, -0.1) is 12.4 Å². The van der Waals surface area contributed by atoms with Crippen molar-refractivity contribution in [2.45, 2.75) is 26.2 Å². The Bertz CT molecular complexity index is 359. The van der Waals surface area contributed by atoms with Crippen LogP contribution in [0.25, 0.3) is 0 Å². The molecule has 1 aromatic rings. The summed E-state index contributed by atoms with van der Waals surface area (Å²) in [6, 6.07) is 7.44. The minimum Gasteiger partial charge on any atom is -0.491 e. The van der Waals surface area contributed by atoms with Gasteiger partial charge in [-0.1, -0.05) is 25.5 Å². The molecule has 102 valence electrons. The molecule has 0 radical (unpaired) electrons. The van der Waals surface area contributed by atoms with E-state index in [9.17, 15) is 4.79 Å². The third-order valence-corrected chi connectivity index (χ3v) is 2.29. The first-order chi connectivity index (χ1) is 8.27. The number of hydrogen-bond acceptors (Lipinski definition) is 3. The molecule has 0 fully saturated rings. The molecule has 0 aliphatic rings. The normalized spacial score (nSPS) is 9.44. The van der Waals surface area contributed by atoms with Gasteiger partial charge in [-0.3, -0.25) is 4.79 Å². The smallest absolute Gasteiger partial charge is 0.225 e. The summed E-state index contributed by atoms with van der Waals surface area (Å²) in [5.74, 6) is 0.630. The van der Waals surface area contributed by atoms with Crippen molar-refractivity contribution in [1.82, 2.24) is 0 Å². The lowest BCUT2D eigenvalue weighted by Gasteiger charge is -2.11. The van der Waals surface area contributed by atoms with Gasteiger partial charge >= 0.3 is 0 Å². The summed E-state index contributed by atoms with van der Waals surface area (Å²) in [6.45, 7) is 3.13. The first-order valence-corrected chi connectivity index (χ1v) is 5.99. The molecule has 1 aromatic carbocycles. The van der Waals surface area contributed by atoms with E-state index in [2.05, 4.69) is 12.2 Å². The van der Waals surface area contributed by atoms with Crippen molar-refractivity contribution in [3.8, 4) is 5.75 Å². The number of rotatable bonds is 7. The van der Waals surface area contributed by atoms with Crippen molar-refractivity contribution in [3.63, 3.8) is 0 Å². The number of para-hydroxylation sites is 2. The Labute approximate surface area is 114 Å². The van der Waals surface area contributed by atoms with E-state index in [4.69, 9.17) is 10.5 Å². The Morgan fingerprint density at radius 3 is 2.78 bits per heavy atom. The van der Waals surface area contributed by atoms with Crippen LogP contribution < -0.4 is 15.8 Å². The van der Waals surface area contributed by atoms with E-state index in [1.165, 1.54) is 0 Å². The number of benzene rings is 1. The zero-order valence-electron chi connectivity index (χ0n) is 10.6. The van der Waals surface area contributed by atoms with Crippen molar-refractivity contribution < 1.29 is 9.53 Å². The van der Waals surface area contributed by atoms with Gasteiger partial charge in [-0.2, -0.15) is 0 Å². The molecule has 0 atom stereocenters. The first-order valence-electron chi connectivity index (χ1n) is 5.99. The Kier molecular flexibility index (Phi) is 9.06. The van der Waals surface area contributed by atoms with Gasteiger partial charge < -0.3 is 15.8 Å². The third-order valence-electron chi connectivity index (χ3n) is 2.29. The molecule has 0 spiro atoms. The minimum atomic E-state index is -0.0842. The third kappa shape index (κ3) is 5.89. The highest BCUT2D eigenvalue weighted by atomic mass is 35.5. The van der Waals surface area contributed by atoms with Gasteiger partial charge in [-0.05, 0) is 18.6 Å². The van der Waals surface area contributed by atoms with E-state index in [0.29, 0.717) is 31.0 Å². The molecule has 0 aliphatic carbocycles. The second kappa shape index (κ2) is 9.74. The molecular weight excluding hydrogens is 252 g/mol. The molecule has 0 bridgehead atoms. The van der Waals surface area contributed by atoms with Gasteiger partial charge in [0.05, 0.1) is 12.3 Å². The highest BCUT2D eigenvalue weighted by Gasteiger charge is 2.06. The minimum absolute atomic E-state index is 0. The molecule has 1 amide bonds. The second-order valence-electron chi connectivity index (χ2n) is 3.79. The van der Waals surface area contributed by atoms with Gasteiger partial charge in [0.1, 0.15) is 5.75 Å².